The van der Waals surface area contributed by atoms with Crippen LogP contribution in [0.15, 0.2) is 33.9 Å². The molecule has 2 aromatic heterocycles. The maximum absolute atomic E-state index is 10.5. The van der Waals surface area contributed by atoms with Gasteiger partial charge in [-0.05, 0) is 6.07 Å². The van der Waals surface area contributed by atoms with Crippen molar-refractivity contribution in [1.82, 2.24) is 20.0 Å². The van der Waals surface area contributed by atoms with Crippen LogP contribution in [0.3, 0.4) is 0 Å². The molecule has 2 heterocycles. The average Bonchev–Trinajstić information content (AvgIpc) is 3.02. The summed E-state index contributed by atoms with van der Waals surface area (Å²) in [4.78, 5) is 10.5. The molecule has 8 heteroatoms. The van der Waals surface area contributed by atoms with Crippen LogP contribution in [0.2, 0.25) is 0 Å². The topological polar surface area (TPSA) is 94.0 Å². The van der Waals surface area contributed by atoms with Gasteiger partial charge in [-0.1, -0.05) is 30.0 Å². The molecule has 0 saturated carbocycles. The Morgan fingerprint density at radius 1 is 1.40 bits per heavy atom. The first-order chi connectivity index (χ1) is 9.65. The number of carboxylic acid groups (broad SMARTS) is 1. The Kier molecular flexibility index (Phi) is 3.15. The Balaban J connectivity index is 1.97. The van der Waals surface area contributed by atoms with Gasteiger partial charge < -0.3 is 9.52 Å². The van der Waals surface area contributed by atoms with Crippen LogP contribution in [-0.4, -0.2) is 36.8 Å². The fraction of sp³-hybridized carbons (Fsp3) is 0.167. The smallest absolute Gasteiger partial charge is 0.314 e. The third-order valence-electron chi connectivity index (χ3n) is 2.69. The second-order valence-electron chi connectivity index (χ2n) is 4.04. The molecule has 20 heavy (non-hydrogen) atoms. The molecule has 0 atom stereocenters. The van der Waals surface area contributed by atoms with E-state index in [0.29, 0.717) is 5.69 Å². The van der Waals surface area contributed by atoms with Crippen molar-refractivity contribution in [3.8, 4) is 11.6 Å². The van der Waals surface area contributed by atoms with Crippen LogP contribution >= 0.6 is 11.8 Å². The number of nitrogens with zero attached hydrogens (tertiary/aromatic N) is 4. The Bertz CT molecular complexity index is 780. The average molecular weight is 290 g/mol. The molecule has 0 radical (unpaired) electrons. The van der Waals surface area contributed by atoms with Crippen molar-refractivity contribution in [3.63, 3.8) is 0 Å². The van der Waals surface area contributed by atoms with E-state index in [2.05, 4.69) is 15.3 Å². The predicted octanol–water partition coefficient (Wildman–Crippen LogP) is 1.80. The number of carbonyl (C=O) groups is 1. The Morgan fingerprint density at radius 2 is 2.20 bits per heavy atom. The highest BCUT2D eigenvalue weighted by atomic mass is 32.2. The Morgan fingerprint density at radius 3 is 3.00 bits per heavy atom. The first-order valence-corrected chi connectivity index (χ1v) is 6.74. The van der Waals surface area contributed by atoms with Gasteiger partial charge in [0.15, 0.2) is 5.69 Å². The number of hydrogen-bond acceptors (Lipinski definition) is 6. The lowest BCUT2D eigenvalue weighted by molar-refractivity contribution is -0.133. The third-order valence-corrected chi connectivity index (χ3v) is 3.49. The molecule has 0 aliphatic rings. The molecule has 0 spiro atoms. The number of aliphatic carboxylic acids is 1. The van der Waals surface area contributed by atoms with Gasteiger partial charge >= 0.3 is 5.97 Å². The summed E-state index contributed by atoms with van der Waals surface area (Å²) in [6.07, 6.45) is 0. The van der Waals surface area contributed by atoms with E-state index in [-0.39, 0.29) is 16.9 Å². The lowest BCUT2D eigenvalue weighted by Crippen LogP contribution is -1.97. The van der Waals surface area contributed by atoms with Crippen LogP contribution in [0.5, 0.6) is 0 Å². The highest BCUT2D eigenvalue weighted by Crippen LogP contribution is 2.28. The maximum Gasteiger partial charge on any atom is 0.314 e. The molecular weight excluding hydrogens is 280 g/mol. The van der Waals surface area contributed by atoms with Gasteiger partial charge in [0.05, 0.1) is 5.52 Å². The summed E-state index contributed by atoms with van der Waals surface area (Å²) in [5.74, 6) is -0.766. The molecule has 0 bridgehead atoms. The highest BCUT2D eigenvalue weighted by molar-refractivity contribution is 7.99. The standard InChI is InChI=1S/C12H10N4O3S/c1-16-8-5-3-2-4-7(8)10(15-16)11-13-14-12(19-11)20-6-9(17)18/h2-5H,6H2,1H3,(H,17,18). The molecule has 0 aliphatic heterocycles. The summed E-state index contributed by atoms with van der Waals surface area (Å²) in [6.45, 7) is 0. The van der Waals surface area contributed by atoms with E-state index in [4.69, 9.17) is 9.52 Å². The van der Waals surface area contributed by atoms with Crippen LogP contribution < -0.4 is 0 Å². The summed E-state index contributed by atoms with van der Waals surface area (Å²) in [5.41, 5.74) is 1.55. The van der Waals surface area contributed by atoms with Crippen molar-refractivity contribution < 1.29 is 14.3 Å². The highest BCUT2D eigenvalue weighted by Gasteiger charge is 2.17. The van der Waals surface area contributed by atoms with Crippen LogP contribution in [0.1, 0.15) is 0 Å². The predicted molar refractivity (Wildman–Crippen MR) is 72.4 cm³/mol. The number of fused-ring (bicyclic) bond motifs is 1. The number of carboxylic acids is 1. The van der Waals surface area contributed by atoms with E-state index in [1.165, 1.54) is 0 Å². The summed E-state index contributed by atoms with van der Waals surface area (Å²) >= 11 is 0.982. The number of para-hydroxylation sites is 1. The fourth-order valence-corrected chi connectivity index (χ4v) is 2.34. The summed E-state index contributed by atoms with van der Waals surface area (Å²) in [5, 5.41) is 21.8. The monoisotopic (exact) mass is 290 g/mol. The van der Waals surface area contributed by atoms with Crippen molar-refractivity contribution in [1.29, 1.82) is 0 Å². The second-order valence-corrected chi connectivity index (χ2v) is 4.97. The van der Waals surface area contributed by atoms with Gasteiger partial charge in [-0.3, -0.25) is 9.48 Å². The molecule has 0 amide bonds. The van der Waals surface area contributed by atoms with E-state index in [1.54, 1.807) is 4.68 Å². The zero-order chi connectivity index (χ0) is 14.1. The normalized spacial score (nSPS) is 11.1. The first-order valence-electron chi connectivity index (χ1n) is 5.75. The van der Waals surface area contributed by atoms with Gasteiger partial charge in [-0.25, -0.2) is 0 Å². The van der Waals surface area contributed by atoms with Crippen LogP contribution in [0, 0.1) is 0 Å². The molecule has 0 saturated heterocycles. The van der Waals surface area contributed by atoms with Crippen LogP contribution in [0.4, 0.5) is 0 Å². The molecule has 3 rings (SSSR count). The summed E-state index contributed by atoms with van der Waals surface area (Å²) < 4.78 is 7.18. The van der Waals surface area contributed by atoms with E-state index in [0.717, 1.165) is 22.7 Å². The third kappa shape index (κ3) is 2.25. The van der Waals surface area contributed by atoms with Gasteiger partial charge in [-0.15, -0.1) is 10.2 Å². The van der Waals surface area contributed by atoms with E-state index in [9.17, 15) is 4.79 Å². The number of thioether (sulfide) groups is 1. The molecular formula is C12H10N4O3S. The number of hydrogen-bond donors (Lipinski definition) is 1. The van der Waals surface area contributed by atoms with Gasteiger partial charge in [-0.2, -0.15) is 5.10 Å². The number of aryl methyl sites for hydroxylation is 1. The molecule has 1 N–H and O–H groups in total. The molecule has 0 fully saturated rings. The summed E-state index contributed by atoms with van der Waals surface area (Å²) in [7, 11) is 1.84. The van der Waals surface area contributed by atoms with Gasteiger partial charge in [0.2, 0.25) is 0 Å². The van der Waals surface area contributed by atoms with Crippen molar-refractivity contribution in [2.75, 3.05) is 5.75 Å². The van der Waals surface area contributed by atoms with Crippen molar-refractivity contribution >= 4 is 28.6 Å². The van der Waals surface area contributed by atoms with Gasteiger partial charge in [0.1, 0.15) is 5.75 Å². The lowest BCUT2D eigenvalue weighted by Gasteiger charge is -1.91. The second kappa shape index (κ2) is 4.97. The largest absolute Gasteiger partial charge is 0.481 e. The van der Waals surface area contributed by atoms with Gasteiger partial charge in [0.25, 0.3) is 11.1 Å². The molecule has 7 nitrogen and oxygen atoms in total. The molecule has 0 aliphatic carbocycles. The maximum atomic E-state index is 10.5. The van der Waals surface area contributed by atoms with Crippen LogP contribution in [0.25, 0.3) is 22.5 Å². The van der Waals surface area contributed by atoms with E-state index in [1.807, 2.05) is 31.3 Å². The van der Waals surface area contributed by atoms with Crippen LogP contribution in [-0.2, 0) is 11.8 Å². The lowest BCUT2D eigenvalue weighted by atomic mass is 10.2. The quantitative estimate of drug-likeness (QED) is 0.732. The molecule has 102 valence electrons. The van der Waals surface area contributed by atoms with E-state index >= 15 is 0 Å². The molecule has 3 aromatic rings. The SMILES string of the molecule is Cn1nc(-c2nnc(SCC(=O)O)o2)c2ccccc21. The molecule has 0 unspecified atom stereocenters. The Labute approximate surface area is 117 Å². The molecule has 1 aromatic carbocycles. The van der Waals surface area contributed by atoms with Crippen molar-refractivity contribution in [2.24, 2.45) is 7.05 Å². The first kappa shape index (κ1) is 12.7. The zero-order valence-electron chi connectivity index (χ0n) is 10.5. The van der Waals surface area contributed by atoms with E-state index < -0.39 is 5.97 Å². The minimum Gasteiger partial charge on any atom is -0.481 e. The minimum atomic E-state index is -0.932. The number of aromatic nitrogens is 4. The summed E-state index contributed by atoms with van der Waals surface area (Å²) in [6, 6.07) is 7.70. The minimum absolute atomic E-state index is 0.120. The number of benzene rings is 1. The van der Waals surface area contributed by atoms with Crippen molar-refractivity contribution in [3.05, 3.63) is 24.3 Å². The zero-order valence-corrected chi connectivity index (χ0v) is 11.3. The van der Waals surface area contributed by atoms with Crippen molar-refractivity contribution in [2.45, 2.75) is 5.22 Å². The number of rotatable bonds is 4. The van der Waals surface area contributed by atoms with Gasteiger partial charge in [0, 0.05) is 12.4 Å². The Hall–Kier alpha value is -2.35. The fourth-order valence-electron chi connectivity index (χ4n) is 1.86.